The van der Waals surface area contributed by atoms with Crippen LogP contribution in [0.1, 0.15) is 23.6 Å². The minimum atomic E-state index is -0.233. The van der Waals surface area contributed by atoms with Crippen molar-refractivity contribution >= 4 is 29.9 Å². The number of nitrogens with two attached hydrogens (primary N) is 1. The van der Waals surface area contributed by atoms with E-state index in [2.05, 4.69) is 22.6 Å². The maximum atomic E-state index is 11.2. The summed E-state index contributed by atoms with van der Waals surface area (Å²) in [5, 5.41) is 2.70. The van der Waals surface area contributed by atoms with Crippen LogP contribution in [-0.2, 0) is 16.0 Å². The number of nitrogens with one attached hydrogen (secondary N) is 2. The Morgan fingerprint density at radius 1 is 0.958 bits per heavy atom. The van der Waals surface area contributed by atoms with Crippen molar-refractivity contribution in [3.63, 3.8) is 0 Å². The summed E-state index contributed by atoms with van der Waals surface area (Å²) in [6.07, 6.45) is 0.245. The van der Waals surface area contributed by atoms with Gasteiger partial charge in [-0.15, -0.1) is 12.4 Å². The topological polar surface area (TPSA) is 84.2 Å². The van der Waals surface area contributed by atoms with Crippen LogP contribution in [0.2, 0.25) is 0 Å². The molecule has 0 fully saturated rings. The molecule has 124 valence electrons. The first-order valence-corrected chi connectivity index (χ1v) is 7.05. The van der Waals surface area contributed by atoms with Gasteiger partial charge in [0.05, 0.1) is 6.42 Å². The Balaban J connectivity index is 0.00000288. The molecule has 0 unspecified atom stereocenters. The van der Waals surface area contributed by atoms with Crippen LogP contribution < -0.4 is 16.6 Å². The summed E-state index contributed by atoms with van der Waals surface area (Å²) in [5.74, 6) is 10.8. The molecule has 4 N–H and O–H groups in total. The molecule has 0 heterocycles. The smallest absolute Gasteiger partial charge is 0.238 e. The van der Waals surface area contributed by atoms with Crippen molar-refractivity contribution in [1.82, 2.24) is 5.43 Å². The number of amides is 2. The van der Waals surface area contributed by atoms with E-state index in [0.29, 0.717) is 0 Å². The van der Waals surface area contributed by atoms with Crippen molar-refractivity contribution in [3.8, 4) is 11.8 Å². The summed E-state index contributed by atoms with van der Waals surface area (Å²) < 4.78 is 0. The highest BCUT2D eigenvalue weighted by molar-refractivity contribution is 5.88. The second-order valence-corrected chi connectivity index (χ2v) is 4.95. The Morgan fingerprint density at radius 2 is 1.46 bits per heavy atom. The fourth-order valence-electron chi connectivity index (χ4n) is 1.93. The van der Waals surface area contributed by atoms with Crippen molar-refractivity contribution in [2.45, 2.75) is 13.3 Å². The molecule has 0 aliphatic carbocycles. The van der Waals surface area contributed by atoms with Crippen molar-refractivity contribution in [2.24, 2.45) is 5.84 Å². The third-order valence-corrected chi connectivity index (χ3v) is 3.04. The molecule has 2 aromatic carbocycles. The highest BCUT2D eigenvalue weighted by Gasteiger charge is 2.00. The number of hydrogen-bond donors (Lipinski definition) is 3. The number of halogens is 1. The number of hydrazine groups is 1. The van der Waals surface area contributed by atoms with E-state index in [4.69, 9.17) is 5.84 Å². The van der Waals surface area contributed by atoms with Crippen LogP contribution in [0.3, 0.4) is 0 Å². The minimum Gasteiger partial charge on any atom is -0.326 e. The second kappa shape index (κ2) is 9.36. The predicted molar refractivity (Wildman–Crippen MR) is 96.4 cm³/mol. The molecule has 0 aromatic heterocycles. The summed E-state index contributed by atoms with van der Waals surface area (Å²) >= 11 is 0. The molecule has 0 radical (unpaired) electrons. The first-order chi connectivity index (χ1) is 11.1. The van der Waals surface area contributed by atoms with Crippen molar-refractivity contribution in [2.75, 3.05) is 5.32 Å². The lowest BCUT2D eigenvalue weighted by Gasteiger charge is -2.01. The van der Waals surface area contributed by atoms with E-state index < -0.39 is 0 Å². The van der Waals surface area contributed by atoms with Gasteiger partial charge < -0.3 is 5.32 Å². The fourth-order valence-corrected chi connectivity index (χ4v) is 1.93. The number of carbonyl (C=O) groups excluding carboxylic acids is 2. The molecule has 0 aliphatic heterocycles. The molecule has 2 rings (SSSR count). The Hall–Kier alpha value is -2.81. The minimum absolute atomic E-state index is 0. The zero-order valence-electron chi connectivity index (χ0n) is 13.1. The van der Waals surface area contributed by atoms with E-state index in [9.17, 15) is 9.59 Å². The highest BCUT2D eigenvalue weighted by atomic mass is 35.5. The third kappa shape index (κ3) is 6.13. The van der Waals surface area contributed by atoms with Crippen LogP contribution in [-0.4, -0.2) is 11.8 Å². The zero-order chi connectivity index (χ0) is 16.7. The van der Waals surface area contributed by atoms with E-state index in [-0.39, 0.29) is 30.6 Å². The molecule has 2 amide bonds. The van der Waals surface area contributed by atoms with Gasteiger partial charge in [0.1, 0.15) is 0 Å². The Labute approximate surface area is 147 Å². The van der Waals surface area contributed by atoms with Gasteiger partial charge in [-0.3, -0.25) is 15.0 Å². The van der Waals surface area contributed by atoms with Gasteiger partial charge in [-0.25, -0.2) is 5.84 Å². The van der Waals surface area contributed by atoms with E-state index >= 15 is 0 Å². The molecular formula is C18H18ClN3O2. The molecule has 24 heavy (non-hydrogen) atoms. The van der Waals surface area contributed by atoms with Gasteiger partial charge in [0.2, 0.25) is 11.8 Å². The number of rotatable bonds is 3. The number of carbonyl (C=O) groups is 2. The average Bonchev–Trinajstić information content (AvgIpc) is 2.55. The highest BCUT2D eigenvalue weighted by Crippen LogP contribution is 2.09. The van der Waals surface area contributed by atoms with Gasteiger partial charge >= 0.3 is 0 Å². The molecule has 0 aliphatic rings. The zero-order valence-corrected chi connectivity index (χ0v) is 13.9. The predicted octanol–water partition coefficient (Wildman–Crippen LogP) is 2.00. The molecule has 0 bridgehead atoms. The van der Waals surface area contributed by atoms with Crippen LogP contribution in [0.4, 0.5) is 5.69 Å². The lowest BCUT2D eigenvalue weighted by molar-refractivity contribution is -0.120. The van der Waals surface area contributed by atoms with Crippen molar-refractivity contribution < 1.29 is 9.59 Å². The molecule has 0 saturated carbocycles. The van der Waals surface area contributed by atoms with Crippen molar-refractivity contribution in [1.29, 1.82) is 0 Å². The lowest BCUT2D eigenvalue weighted by atomic mass is 10.1. The summed E-state index contributed by atoms with van der Waals surface area (Å²) in [6.45, 7) is 1.47. The van der Waals surface area contributed by atoms with Gasteiger partial charge in [-0.05, 0) is 42.0 Å². The SMILES string of the molecule is CC(=O)Nc1ccc(C#Cc2ccc(CC(=O)NN)cc2)cc1.Cl. The number of anilines is 1. The van der Waals surface area contributed by atoms with E-state index in [1.807, 2.05) is 36.4 Å². The molecule has 0 saturated heterocycles. The van der Waals surface area contributed by atoms with Gasteiger partial charge in [-0.1, -0.05) is 24.0 Å². The normalized spacial score (nSPS) is 9.08. The van der Waals surface area contributed by atoms with Gasteiger partial charge in [0, 0.05) is 23.7 Å². The van der Waals surface area contributed by atoms with Crippen molar-refractivity contribution in [3.05, 3.63) is 65.2 Å². The first kappa shape index (κ1) is 19.2. The Morgan fingerprint density at radius 3 is 1.92 bits per heavy atom. The van der Waals surface area contributed by atoms with Crippen LogP contribution in [0, 0.1) is 11.8 Å². The van der Waals surface area contributed by atoms with Crippen LogP contribution in [0.5, 0.6) is 0 Å². The van der Waals surface area contributed by atoms with Crippen LogP contribution in [0.25, 0.3) is 0 Å². The fraction of sp³-hybridized carbons (Fsp3) is 0.111. The number of hydrogen-bond acceptors (Lipinski definition) is 3. The number of benzene rings is 2. The summed E-state index contributed by atoms with van der Waals surface area (Å²) in [5.41, 5.74) is 5.42. The summed E-state index contributed by atoms with van der Waals surface area (Å²) in [6, 6.07) is 14.7. The quantitative estimate of drug-likeness (QED) is 0.345. The van der Waals surface area contributed by atoms with Crippen LogP contribution >= 0.6 is 12.4 Å². The van der Waals surface area contributed by atoms with Gasteiger partial charge in [-0.2, -0.15) is 0 Å². The van der Waals surface area contributed by atoms with E-state index in [1.165, 1.54) is 6.92 Å². The molecule has 0 atom stereocenters. The maximum Gasteiger partial charge on any atom is 0.238 e. The molecule has 0 spiro atoms. The van der Waals surface area contributed by atoms with Gasteiger partial charge in [0.25, 0.3) is 0 Å². The standard InChI is InChI=1S/C18H17N3O2.ClH/c1-13(22)20-17-10-8-15(9-11-17)3-2-14-4-6-16(7-5-14)12-18(23)21-19;/h4-11H,12,19H2,1H3,(H,20,22)(H,21,23);1H. The van der Waals surface area contributed by atoms with E-state index in [1.54, 1.807) is 12.1 Å². The monoisotopic (exact) mass is 343 g/mol. The molecule has 2 aromatic rings. The summed E-state index contributed by atoms with van der Waals surface area (Å²) in [4.78, 5) is 22.1. The summed E-state index contributed by atoms with van der Waals surface area (Å²) in [7, 11) is 0. The Kier molecular flexibility index (Phi) is 7.50. The largest absolute Gasteiger partial charge is 0.326 e. The lowest BCUT2D eigenvalue weighted by Crippen LogP contribution is -2.31. The average molecular weight is 344 g/mol. The third-order valence-electron chi connectivity index (χ3n) is 3.04. The molecule has 6 heteroatoms. The second-order valence-electron chi connectivity index (χ2n) is 4.95. The maximum absolute atomic E-state index is 11.2. The van der Waals surface area contributed by atoms with Gasteiger partial charge in [0.15, 0.2) is 0 Å². The Bertz CT molecular complexity index is 760. The van der Waals surface area contributed by atoms with E-state index in [0.717, 1.165) is 22.4 Å². The molecular weight excluding hydrogens is 326 g/mol. The molecule has 5 nitrogen and oxygen atoms in total. The van der Waals surface area contributed by atoms with Crippen LogP contribution in [0.15, 0.2) is 48.5 Å². The first-order valence-electron chi connectivity index (χ1n) is 7.05.